The van der Waals surface area contributed by atoms with Crippen LogP contribution in [0, 0.1) is 12.3 Å². The Bertz CT molecular complexity index is 478. The Morgan fingerprint density at radius 3 is 2.75 bits per heavy atom. The Morgan fingerprint density at radius 2 is 2.15 bits per heavy atom. The summed E-state index contributed by atoms with van der Waals surface area (Å²) in [6.45, 7) is 5.90. The number of aromatic nitrogens is 1. The van der Waals surface area contributed by atoms with Gasteiger partial charge < -0.3 is 10.6 Å². The van der Waals surface area contributed by atoms with E-state index in [9.17, 15) is 4.79 Å². The summed E-state index contributed by atoms with van der Waals surface area (Å²) in [6.07, 6.45) is 3.81. The number of amides is 1. The number of anilines is 1. The number of hydrogen-bond donors (Lipinski definition) is 2. The van der Waals surface area contributed by atoms with Gasteiger partial charge in [-0.05, 0) is 67.3 Å². The molecule has 4 nitrogen and oxygen atoms in total. The van der Waals surface area contributed by atoms with Crippen molar-refractivity contribution in [2.24, 2.45) is 5.41 Å². The van der Waals surface area contributed by atoms with Gasteiger partial charge in [-0.25, -0.2) is 4.98 Å². The van der Waals surface area contributed by atoms with Gasteiger partial charge in [0.2, 0.25) is 5.91 Å². The number of rotatable bonds is 4. The summed E-state index contributed by atoms with van der Waals surface area (Å²) in [5, 5.41) is 6.42. The Balaban J connectivity index is 2.15. The fourth-order valence-electron chi connectivity index (χ4n) is 2.89. The summed E-state index contributed by atoms with van der Waals surface area (Å²) in [6, 6.07) is 3.77. The van der Waals surface area contributed by atoms with E-state index in [-0.39, 0.29) is 11.3 Å². The first-order chi connectivity index (χ1) is 9.57. The monoisotopic (exact) mass is 339 g/mol. The first-order valence-corrected chi connectivity index (χ1v) is 8.02. The van der Waals surface area contributed by atoms with Crippen LogP contribution in [0.4, 0.5) is 5.69 Å². The van der Waals surface area contributed by atoms with Crippen LogP contribution in [0.25, 0.3) is 0 Å². The SMILES string of the molecule is CCCC1(C(=O)Nc2ccc(Br)nc2C)CCNCC1. The normalized spacial score (nSPS) is 17.8. The van der Waals surface area contributed by atoms with Crippen LogP contribution in [-0.4, -0.2) is 24.0 Å². The maximum absolute atomic E-state index is 12.7. The second-order valence-electron chi connectivity index (χ2n) is 5.50. The van der Waals surface area contributed by atoms with E-state index >= 15 is 0 Å². The fourth-order valence-corrected chi connectivity index (χ4v) is 3.29. The van der Waals surface area contributed by atoms with Gasteiger partial charge in [0.05, 0.1) is 16.8 Å². The zero-order valence-electron chi connectivity index (χ0n) is 12.1. The molecule has 1 fully saturated rings. The second-order valence-corrected chi connectivity index (χ2v) is 6.31. The van der Waals surface area contributed by atoms with Crippen molar-refractivity contribution in [1.82, 2.24) is 10.3 Å². The number of nitrogens with zero attached hydrogens (tertiary/aromatic N) is 1. The highest BCUT2D eigenvalue weighted by Gasteiger charge is 2.38. The molecule has 0 aliphatic carbocycles. The van der Waals surface area contributed by atoms with Gasteiger partial charge in [-0.3, -0.25) is 4.79 Å². The molecule has 1 aromatic rings. The third-order valence-electron chi connectivity index (χ3n) is 4.07. The smallest absolute Gasteiger partial charge is 0.230 e. The number of nitrogens with one attached hydrogen (secondary N) is 2. The number of carbonyl (C=O) groups excluding carboxylic acids is 1. The van der Waals surface area contributed by atoms with Gasteiger partial charge in [-0.15, -0.1) is 0 Å². The van der Waals surface area contributed by atoms with Crippen molar-refractivity contribution >= 4 is 27.5 Å². The Morgan fingerprint density at radius 1 is 1.45 bits per heavy atom. The van der Waals surface area contributed by atoms with Gasteiger partial charge in [0, 0.05) is 0 Å². The van der Waals surface area contributed by atoms with E-state index in [1.807, 2.05) is 19.1 Å². The molecular formula is C15H22BrN3O. The number of aryl methyl sites for hydroxylation is 1. The first-order valence-electron chi connectivity index (χ1n) is 7.23. The Labute approximate surface area is 128 Å². The number of pyridine rings is 1. The topological polar surface area (TPSA) is 54.0 Å². The Kier molecular flexibility index (Phi) is 5.16. The molecule has 1 aliphatic rings. The van der Waals surface area contributed by atoms with E-state index in [1.54, 1.807) is 0 Å². The average Bonchev–Trinajstić information content (AvgIpc) is 2.43. The molecule has 0 saturated carbocycles. The van der Waals surface area contributed by atoms with Gasteiger partial charge in [-0.2, -0.15) is 0 Å². The molecule has 0 unspecified atom stereocenters. The van der Waals surface area contributed by atoms with Crippen LogP contribution in [0.3, 0.4) is 0 Å². The van der Waals surface area contributed by atoms with Crippen LogP contribution in [0.2, 0.25) is 0 Å². The third kappa shape index (κ3) is 3.38. The van der Waals surface area contributed by atoms with E-state index in [0.717, 1.165) is 54.8 Å². The van der Waals surface area contributed by atoms with Gasteiger partial charge in [0.1, 0.15) is 4.60 Å². The van der Waals surface area contributed by atoms with Crippen LogP contribution >= 0.6 is 15.9 Å². The van der Waals surface area contributed by atoms with E-state index in [1.165, 1.54) is 0 Å². The molecular weight excluding hydrogens is 318 g/mol. The molecule has 0 radical (unpaired) electrons. The highest BCUT2D eigenvalue weighted by molar-refractivity contribution is 9.10. The predicted molar refractivity (Wildman–Crippen MR) is 84.7 cm³/mol. The maximum Gasteiger partial charge on any atom is 0.230 e. The van der Waals surface area contributed by atoms with E-state index in [4.69, 9.17) is 0 Å². The summed E-state index contributed by atoms with van der Waals surface area (Å²) in [5.74, 6) is 0.146. The van der Waals surface area contributed by atoms with Crippen molar-refractivity contribution < 1.29 is 4.79 Å². The van der Waals surface area contributed by atoms with E-state index < -0.39 is 0 Å². The molecule has 1 saturated heterocycles. The lowest BCUT2D eigenvalue weighted by atomic mass is 9.74. The summed E-state index contributed by atoms with van der Waals surface area (Å²) in [4.78, 5) is 17.1. The maximum atomic E-state index is 12.7. The minimum Gasteiger partial charge on any atom is -0.324 e. The quantitative estimate of drug-likeness (QED) is 0.828. The molecule has 110 valence electrons. The molecule has 0 aromatic carbocycles. The number of carbonyl (C=O) groups is 1. The molecule has 2 heterocycles. The molecule has 20 heavy (non-hydrogen) atoms. The largest absolute Gasteiger partial charge is 0.324 e. The second kappa shape index (κ2) is 6.68. The first kappa shape index (κ1) is 15.4. The van der Waals surface area contributed by atoms with Gasteiger partial charge >= 0.3 is 0 Å². The van der Waals surface area contributed by atoms with Crippen molar-refractivity contribution in [3.63, 3.8) is 0 Å². The molecule has 2 rings (SSSR count). The van der Waals surface area contributed by atoms with E-state index in [2.05, 4.69) is 38.5 Å². The number of halogens is 1. The highest BCUT2D eigenvalue weighted by atomic mass is 79.9. The van der Waals surface area contributed by atoms with Gasteiger partial charge in [0.15, 0.2) is 0 Å². The average molecular weight is 340 g/mol. The van der Waals surface area contributed by atoms with Crippen LogP contribution in [0.15, 0.2) is 16.7 Å². The van der Waals surface area contributed by atoms with Crippen molar-refractivity contribution in [2.45, 2.75) is 39.5 Å². The molecule has 0 bridgehead atoms. The molecule has 1 amide bonds. The van der Waals surface area contributed by atoms with Crippen molar-refractivity contribution in [3.8, 4) is 0 Å². The minimum absolute atomic E-state index is 0.146. The van der Waals surface area contributed by atoms with E-state index in [0.29, 0.717) is 0 Å². The van der Waals surface area contributed by atoms with Crippen molar-refractivity contribution in [3.05, 3.63) is 22.4 Å². The molecule has 0 atom stereocenters. The predicted octanol–water partition coefficient (Wildman–Crippen LogP) is 3.26. The minimum atomic E-state index is -0.223. The zero-order valence-corrected chi connectivity index (χ0v) is 13.7. The van der Waals surface area contributed by atoms with Crippen molar-refractivity contribution in [1.29, 1.82) is 0 Å². The number of hydrogen-bond acceptors (Lipinski definition) is 3. The van der Waals surface area contributed by atoms with Gasteiger partial charge in [0.25, 0.3) is 0 Å². The summed E-state index contributed by atoms with van der Waals surface area (Å²) >= 11 is 3.34. The molecule has 0 spiro atoms. The van der Waals surface area contributed by atoms with Crippen LogP contribution in [0.1, 0.15) is 38.3 Å². The summed E-state index contributed by atoms with van der Waals surface area (Å²) in [5.41, 5.74) is 1.43. The lowest BCUT2D eigenvalue weighted by Gasteiger charge is -2.36. The standard InChI is InChI=1S/C15H22BrN3O/c1-3-6-15(7-9-17-10-8-15)14(20)19-12-4-5-13(16)18-11(12)2/h4-5,17H,3,6-10H2,1-2H3,(H,19,20). The fraction of sp³-hybridized carbons (Fsp3) is 0.600. The van der Waals surface area contributed by atoms with Crippen molar-refractivity contribution in [2.75, 3.05) is 18.4 Å². The number of piperidine rings is 1. The zero-order chi connectivity index (χ0) is 14.6. The summed E-state index contributed by atoms with van der Waals surface area (Å²) < 4.78 is 0.790. The van der Waals surface area contributed by atoms with Crippen LogP contribution in [0.5, 0.6) is 0 Å². The van der Waals surface area contributed by atoms with Gasteiger partial charge in [-0.1, -0.05) is 13.3 Å². The summed E-state index contributed by atoms with van der Waals surface area (Å²) in [7, 11) is 0. The molecule has 5 heteroatoms. The molecule has 2 N–H and O–H groups in total. The lowest BCUT2D eigenvalue weighted by Crippen LogP contribution is -2.45. The molecule has 1 aliphatic heterocycles. The molecule has 1 aromatic heterocycles. The Hall–Kier alpha value is -0.940. The lowest BCUT2D eigenvalue weighted by molar-refractivity contribution is -0.127. The third-order valence-corrected chi connectivity index (χ3v) is 4.51. The van der Waals surface area contributed by atoms with Crippen LogP contribution < -0.4 is 10.6 Å². The highest BCUT2D eigenvalue weighted by Crippen LogP contribution is 2.35. The van der Waals surface area contributed by atoms with Crippen LogP contribution in [-0.2, 0) is 4.79 Å².